The van der Waals surface area contributed by atoms with Gasteiger partial charge in [0.15, 0.2) is 0 Å². The quantitative estimate of drug-likeness (QED) is 0.788. The van der Waals surface area contributed by atoms with Gasteiger partial charge in [-0.15, -0.1) is 0 Å². The van der Waals surface area contributed by atoms with Gasteiger partial charge in [-0.3, -0.25) is 4.98 Å². The zero-order valence-electron chi connectivity index (χ0n) is 11.2. The van der Waals surface area contributed by atoms with Crippen molar-refractivity contribution in [3.05, 3.63) is 60.4 Å². The fourth-order valence-electron chi connectivity index (χ4n) is 2.11. The highest BCUT2D eigenvalue weighted by Crippen LogP contribution is 2.20. The van der Waals surface area contributed by atoms with Crippen molar-refractivity contribution >= 4 is 5.82 Å². The van der Waals surface area contributed by atoms with E-state index in [0.29, 0.717) is 5.82 Å². The average molecular weight is 265 g/mol. The Bertz CT molecular complexity index is 715. The van der Waals surface area contributed by atoms with E-state index in [1.165, 1.54) is 11.1 Å². The van der Waals surface area contributed by atoms with Crippen LogP contribution in [0.25, 0.3) is 11.3 Å². The molecule has 3 aromatic heterocycles. The van der Waals surface area contributed by atoms with Crippen LogP contribution < -0.4 is 5.73 Å². The lowest BCUT2D eigenvalue weighted by Crippen LogP contribution is -2.02. The summed E-state index contributed by atoms with van der Waals surface area (Å²) in [4.78, 5) is 12.5. The molecule has 0 aliphatic rings. The van der Waals surface area contributed by atoms with Gasteiger partial charge < -0.3 is 10.3 Å². The molecule has 0 aromatic carbocycles. The van der Waals surface area contributed by atoms with Crippen molar-refractivity contribution in [2.24, 2.45) is 0 Å². The molecule has 0 amide bonds. The number of hydrogen-bond donors (Lipinski definition) is 1. The van der Waals surface area contributed by atoms with Crippen LogP contribution >= 0.6 is 0 Å². The van der Waals surface area contributed by atoms with Crippen LogP contribution in [0.1, 0.15) is 11.1 Å². The van der Waals surface area contributed by atoms with Crippen LogP contribution in [0.4, 0.5) is 5.82 Å². The average Bonchev–Trinajstić information content (AvgIpc) is 2.90. The van der Waals surface area contributed by atoms with E-state index in [4.69, 9.17) is 5.73 Å². The third-order valence-corrected chi connectivity index (χ3v) is 3.27. The molecule has 0 saturated carbocycles. The molecule has 0 radical (unpaired) electrons. The summed E-state index contributed by atoms with van der Waals surface area (Å²) in [7, 11) is 0. The van der Waals surface area contributed by atoms with E-state index in [9.17, 15) is 0 Å². The summed E-state index contributed by atoms with van der Waals surface area (Å²) in [5, 5.41) is 0. The number of imidazole rings is 1. The molecule has 0 unspecified atom stereocenters. The lowest BCUT2D eigenvalue weighted by Gasteiger charge is -2.10. The molecular weight excluding hydrogens is 250 g/mol. The second kappa shape index (κ2) is 5.13. The van der Waals surface area contributed by atoms with Gasteiger partial charge in [0, 0.05) is 30.7 Å². The van der Waals surface area contributed by atoms with Crippen LogP contribution in [-0.4, -0.2) is 19.5 Å². The molecule has 0 spiro atoms. The molecule has 3 heterocycles. The summed E-state index contributed by atoms with van der Waals surface area (Å²) in [6, 6.07) is 5.78. The Morgan fingerprint density at radius 2 is 2.00 bits per heavy atom. The maximum absolute atomic E-state index is 5.62. The summed E-state index contributed by atoms with van der Waals surface area (Å²) >= 11 is 0. The number of nitrogens with zero attached hydrogens (tertiary/aromatic N) is 4. The van der Waals surface area contributed by atoms with Crippen LogP contribution in [0.15, 0.2) is 49.3 Å². The third-order valence-electron chi connectivity index (χ3n) is 3.27. The highest BCUT2D eigenvalue weighted by Gasteiger charge is 2.07. The smallest absolute Gasteiger partial charge is 0.123 e. The maximum atomic E-state index is 5.62. The minimum atomic E-state index is 0.518. The summed E-state index contributed by atoms with van der Waals surface area (Å²) in [5.74, 6) is 0.518. The number of anilines is 1. The Morgan fingerprint density at radius 3 is 2.75 bits per heavy atom. The summed E-state index contributed by atoms with van der Waals surface area (Å²) in [6.07, 6.45) is 9.11. The predicted molar refractivity (Wildman–Crippen MR) is 77.9 cm³/mol. The van der Waals surface area contributed by atoms with E-state index >= 15 is 0 Å². The second-order valence-corrected chi connectivity index (χ2v) is 4.68. The Morgan fingerprint density at radius 1 is 1.10 bits per heavy atom. The summed E-state index contributed by atoms with van der Waals surface area (Å²) in [5.41, 5.74) is 10.0. The van der Waals surface area contributed by atoms with Gasteiger partial charge in [-0.25, -0.2) is 9.97 Å². The SMILES string of the molecule is Cc1cnccc1Cn1cncc1-c1ccc(N)nc1. The number of rotatable bonds is 3. The van der Waals surface area contributed by atoms with Crippen molar-refractivity contribution in [2.45, 2.75) is 13.5 Å². The first-order valence-electron chi connectivity index (χ1n) is 6.35. The highest BCUT2D eigenvalue weighted by molar-refractivity contribution is 5.59. The Labute approximate surface area is 117 Å². The van der Waals surface area contributed by atoms with Crippen molar-refractivity contribution in [1.29, 1.82) is 0 Å². The lowest BCUT2D eigenvalue weighted by molar-refractivity contribution is 0.797. The van der Waals surface area contributed by atoms with Gasteiger partial charge in [-0.1, -0.05) is 0 Å². The normalized spacial score (nSPS) is 10.7. The van der Waals surface area contributed by atoms with Crippen LogP contribution in [0.2, 0.25) is 0 Å². The van der Waals surface area contributed by atoms with E-state index in [1.54, 1.807) is 12.3 Å². The van der Waals surface area contributed by atoms with Gasteiger partial charge in [0.1, 0.15) is 5.82 Å². The topological polar surface area (TPSA) is 69.6 Å². The monoisotopic (exact) mass is 265 g/mol. The Hall–Kier alpha value is -2.69. The standard InChI is InChI=1S/C15H15N5/c1-11-6-17-5-4-13(11)9-20-10-18-8-14(20)12-2-3-15(16)19-7-12/h2-8,10H,9H2,1H3,(H2,16,19). The van der Waals surface area contributed by atoms with Gasteiger partial charge in [-0.2, -0.15) is 0 Å². The molecule has 0 bridgehead atoms. The van der Waals surface area contributed by atoms with Crippen LogP contribution in [0.5, 0.6) is 0 Å². The fourth-order valence-corrected chi connectivity index (χ4v) is 2.11. The summed E-state index contributed by atoms with van der Waals surface area (Å²) in [6.45, 7) is 2.82. The van der Waals surface area contributed by atoms with Gasteiger partial charge in [0.2, 0.25) is 0 Å². The number of nitrogens with two attached hydrogens (primary N) is 1. The van der Waals surface area contributed by atoms with Gasteiger partial charge >= 0.3 is 0 Å². The van der Waals surface area contributed by atoms with Crippen LogP contribution in [0.3, 0.4) is 0 Å². The first kappa shape index (κ1) is 12.3. The largest absolute Gasteiger partial charge is 0.384 e. The lowest BCUT2D eigenvalue weighted by atomic mass is 10.1. The molecule has 3 rings (SSSR count). The molecule has 0 aliphatic carbocycles. The number of aryl methyl sites for hydroxylation is 1. The molecule has 0 fully saturated rings. The van der Waals surface area contributed by atoms with E-state index in [1.807, 2.05) is 37.1 Å². The van der Waals surface area contributed by atoms with Crippen molar-refractivity contribution in [2.75, 3.05) is 5.73 Å². The molecule has 0 aliphatic heterocycles. The highest BCUT2D eigenvalue weighted by atomic mass is 15.0. The first-order chi connectivity index (χ1) is 9.74. The molecule has 3 aromatic rings. The maximum Gasteiger partial charge on any atom is 0.123 e. The molecular formula is C15H15N5. The number of hydrogen-bond acceptors (Lipinski definition) is 4. The Kier molecular flexibility index (Phi) is 3.16. The van der Waals surface area contributed by atoms with E-state index in [-0.39, 0.29) is 0 Å². The second-order valence-electron chi connectivity index (χ2n) is 4.68. The first-order valence-corrected chi connectivity index (χ1v) is 6.35. The number of nitrogen functional groups attached to an aromatic ring is 1. The van der Waals surface area contributed by atoms with Crippen LogP contribution in [-0.2, 0) is 6.54 Å². The fraction of sp³-hybridized carbons (Fsp3) is 0.133. The van der Waals surface area contributed by atoms with E-state index in [2.05, 4.69) is 26.4 Å². The summed E-state index contributed by atoms with van der Waals surface area (Å²) < 4.78 is 2.09. The van der Waals surface area contributed by atoms with E-state index in [0.717, 1.165) is 17.8 Å². The van der Waals surface area contributed by atoms with Gasteiger partial charge in [0.05, 0.1) is 18.2 Å². The number of pyridine rings is 2. The van der Waals surface area contributed by atoms with Gasteiger partial charge in [-0.05, 0) is 36.2 Å². The van der Waals surface area contributed by atoms with Crippen molar-refractivity contribution in [1.82, 2.24) is 19.5 Å². The van der Waals surface area contributed by atoms with Crippen molar-refractivity contribution in [3.63, 3.8) is 0 Å². The number of aromatic nitrogens is 4. The molecule has 20 heavy (non-hydrogen) atoms. The minimum Gasteiger partial charge on any atom is -0.384 e. The predicted octanol–water partition coefficient (Wildman–Crippen LogP) is 2.28. The molecule has 2 N–H and O–H groups in total. The zero-order valence-corrected chi connectivity index (χ0v) is 11.2. The van der Waals surface area contributed by atoms with Crippen molar-refractivity contribution < 1.29 is 0 Å². The van der Waals surface area contributed by atoms with Crippen molar-refractivity contribution in [3.8, 4) is 11.3 Å². The van der Waals surface area contributed by atoms with Gasteiger partial charge in [0.25, 0.3) is 0 Å². The molecule has 100 valence electrons. The molecule has 0 saturated heterocycles. The molecule has 0 atom stereocenters. The third kappa shape index (κ3) is 2.38. The van der Waals surface area contributed by atoms with Crippen LogP contribution in [0, 0.1) is 6.92 Å². The minimum absolute atomic E-state index is 0.518. The molecule has 5 heteroatoms. The molecule has 5 nitrogen and oxygen atoms in total. The Balaban J connectivity index is 1.95. The zero-order chi connectivity index (χ0) is 13.9. The van der Waals surface area contributed by atoms with E-state index < -0.39 is 0 Å².